The summed E-state index contributed by atoms with van der Waals surface area (Å²) in [4.78, 5) is 29.8. The van der Waals surface area contributed by atoms with E-state index in [1.807, 2.05) is 25.9 Å². The van der Waals surface area contributed by atoms with Crippen molar-refractivity contribution in [2.24, 2.45) is 5.73 Å². The third-order valence-corrected chi connectivity index (χ3v) is 6.61. The summed E-state index contributed by atoms with van der Waals surface area (Å²) in [5.74, 6) is -1.20. The Kier molecular flexibility index (Phi) is 9.91. The molecule has 1 heterocycles. The average Bonchev–Trinajstić information content (AvgIpc) is 3.38. The molecule has 0 aliphatic rings. The highest BCUT2D eigenvalue weighted by molar-refractivity contribution is 5.95. The number of rotatable bonds is 13. The number of nitrogens with zero attached hydrogens (tertiary/aromatic N) is 3. The standard InChI is InChI=1S/C30H35FN8O4/c1-4-18-15-21(26(31)24(16-18)43-14-13-38(2)3)27(34-20-11-9-19(10-12-20)28(32)33)29-36-30(42)39(37-29)23-8-6-5-7-22(23)35-25(41)17-40/h5-12,15-16,27,34,40H,4,13-14,17H2,1-3H3,(H3,32,33)(H,35,41)(H,36,37,42). The van der Waals surface area contributed by atoms with Gasteiger partial charge in [-0.1, -0.05) is 25.1 Å². The molecular weight excluding hydrogens is 555 g/mol. The number of nitrogens with one attached hydrogen (secondary N) is 4. The number of para-hydroxylation sites is 2. The van der Waals surface area contributed by atoms with Crippen molar-refractivity contribution in [3.05, 3.63) is 99.5 Å². The Bertz CT molecular complexity index is 1650. The van der Waals surface area contributed by atoms with Crippen molar-refractivity contribution in [2.75, 3.05) is 44.5 Å². The number of halogens is 1. The zero-order valence-electron chi connectivity index (χ0n) is 24.1. The number of hydrogen-bond acceptors (Lipinski definition) is 8. The number of nitrogen functional groups attached to an aromatic ring is 1. The molecule has 7 N–H and O–H groups in total. The molecule has 0 spiro atoms. The quantitative estimate of drug-likeness (QED) is 0.102. The van der Waals surface area contributed by atoms with E-state index in [0.29, 0.717) is 24.2 Å². The van der Waals surface area contributed by atoms with Crippen LogP contribution >= 0.6 is 0 Å². The second-order valence-corrected chi connectivity index (χ2v) is 10.0. The number of aliphatic hydroxyl groups excluding tert-OH is 1. The molecule has 0 saturated carbocycles. The topological polar surface area (TPSA) is 174 Å². The smallest absolute Gasteiger partial charge is 0.348 e. The van der Waals surface area contributed by atoms with E-state index < -0.39 is 30.1 Å². The molecule has 0 radical (unpaired) electrons. The molecule has 0 saturated heterocycles. The molecule has 13 heteroatoms. The fourth-order valence-electron chi connectivity index (χ4n) is 4.33. The first-order chi connectivity index (χ1) is 20.6. The van der Waals surface area contributed by atoms with Crippen LogP contribution in [-0.4, -0.2) is 70.4 Å². The molecule has 226 valence electrons. The number of aryl methyl sites for hydroxylation is 1. The van der Waals surface area contributed by atoms with Gasteiger partial charge in [0.2, 0.25) is 5.91 Å². The van der Waals surface area contributed by atoms with Gasteiger partial charge < -0.3 is 31.1 Å². The van der Waals surface area contributed by atoms with E-state index in [0.717, 1.165) is 10.2 Å². The minimum Gasteiger partial charge on any atom is -0.489 e. The molecule has 43 heavy (non-hydrogen) atoms. The van der Waals surface area contributed by atoms with Crippen molar-refractivity contribution in [1.82, 2.24) is 19.7 Å². The average molecular weight is 591 g/mol. The SMILES string of the molecule is CCc1cc(OCCN(C)C)c(F)c(C(Nc2ccc(C(=N)N)cc2)c2nn(-c3ccccc3NC(=O)CO)c(=O)[nH]2)c1. The summed E-state index contributed by atoms with van der Waals surface area (Å²) in [6.07, 6.45) is 0.597. The lowest BCUT2D eigenvalue weighted by molar-refractivity contribution is -0.118. The lowest BCUT2D eigenvalue weighted by atomic mass is 10.00. The van der Waals surface area contributed by atoms with Crippen LogP contribution in [0.15, 0.2) is 65.5 Å². The number of anilines is 2. The molecule has 1 aromatic heterocycles. The first-order valence-corrected chi connectivity index (χ1v) is 13.6. The van der Waals surface area contributed by atoms with E-state index in [2.05, 4.69) is 20.7 Å². The number of aromatic amines is 1. The highest BCUT2D eigenvalue weighted by Crippen LogP contribution is 2.33. The molecule has 3 aromatic carbocycles. The highest BCUT2D eigenvalue weighted by Gasteiger charge is 2.26. The summed E-state index contributed by atoms with van der Waals surface area (Å²) in [6.45, 7) is 2.05. The van der Waals surface area contributed by atoms with Gasteiger partial charge >= 0.3 is 5.69 Å². The summed E-state index contributed by atoms with van der Waals surface area (Å²) < 4.78 is 23.1. The number of ether oxygens (including phenoxy) is 1. The Morgan fingerprint density at radius 1 is 1.21 bits per heavy atom. The number of likely N-dealkylation sites (N-methyl/N-ethyl adjacent to an activating group) is 1. The summed E-state index contributed by atoms with van der Waals surface area (Å²) in [5, 5.41) is 27.2. The van der Waals surface area contributed by atoms with E-state index in [-0.39, 0.29) is 41.0 Å². The van der Waals surface area contributed by atoms with Crippen molar-refractivity contribution in [2.45, 2.75) is 19.4 Å². The number of carbonyl (C=O) groups excluding carboxylic acids is 1. The number of hydrogen-bond donors (Lipinski definition) is 6. The highest BCUT2D eigenvalue weighted by atomic mass is 19.1. The maximum absolute atomic E-state index is 16.2. The molecule has 1 atom stereocenters. The number of H-pyrrole nitrogens is 1. The van der Waals surface area contributed by atoms with Crippen LogP contribution in [0.25, 0.3) is 5.69 Å². The van der Waals surface area contributed by atoms with Gasteiger partial charge in [-0.05, 0) is 68.5 Å². The summed E-state index contributed by atoms with van der Waals surface area (Å²) in [5.41, 5.74) is 7.54. The normalized spacial score (nSPS) is 11.8. The van der Waals surface area contributed by atoms with Crippen LogP contribution in [0.4, 0.5) is 15.8 Å². The molecule has 1 amide bonds. The third kappa shape index (κ3) is 7.45. The minimum absolute atomic E-state index is 0.0776. The molecule has 12 nitrogen and oxygen atoms in total. The summed E-state index contributed by atoms with van der Waals surface area (Å²) in [7, 11) is 3.79. The Hall–Kier alpha value is -5.01. The second-order valence-electron chi connectivity index (χ2n) is 10.0. The van der Waals surface area contributed by atoms with Crippen LogP contribution in [0.5, 0.6) is 5.75 Å². The van der Waals surface area contributed by atoms with Gasteiger partial charge in [-0.25, -0.2) is 9.18 Å². The van der Waals surface area contributed by atoms with Crippen LogP contribution < -0.4 is 26.8 Å². The molecular formula is C30H35FN8O4. The predicted molar refractivity (Wildman–Crippen MR) is 163 cm³/mol. The molecule has 1 unspecified atom stereocenters. The van der Waals surface area contributed by atoms with E-state index in [1.54, 1.807) is 60.7 Å². The van der Waals surface area contributed by atoms with Crippen molar-refractivity contribution in [1.29, 1.82) is 5.41 Å². The number of nitrogens with two attached hydrogens (primary N) is 1. The van der Waals surface area contributed by atoms with Gasteiger partial charge in [-0.3, -0.25) is 15.2 Å². The fourth-order valence-corrected chi connectivity index (χ4v) is 4.33. The van der Waals surface area contributed by atoms with Crippen LogP contribution in [0.1, 0.15) is 35.5 Å². The fraction of sp³-hybridized carbons (Fsp3) is 0.267. The first-order valence-electron chi connectivity index (χ1n) is 13.6. The Labute approximate surface area is 247 Å². The van der Waals surface area contributed by atoms with Crippen molar-refractivity contribution in [3.63, 3.8) is 0 Å². The van der Waals surface area contributed by atoms with E-state index >= 15 is 4.39 Å². The molecule has 4 aromatic rings. The minimum atomic E-state index is -0.987. The summed E-state index contributed by atoms with van der Waals surface area (Å²) >= 11 is 0. The van der Waals surface area contributed by atoms with Gasteiger partial charge in [-0.2, -0.15) is 4.68 Å². The largest absolute Gasteiger partial charge is 0.489 e. The predicted octanol–water partition coefficient (Wildman–Crippen LogP) is 2.62. The number of benzene rings is 3. The van der Waals surface area contributed by atoms with Gasteiger partial charge in [0.15, 0.2) is 17.4 Å². The van der Waals surface area contributed by atoms with Crippen molar-refractivity contribution in [3.8, 4) is 11.4 Å². The molecule has 0 aliphatic carbocycles. The van der Waals surface area contributed by atoms with E-state index in [4.69, 9.17) is 15.9 Å². The Morgan fingerprint density at radius 2 is 1.93 bits per heavy atom. The number of amides is 1. The lowest BCUT2D eigenvalue weighted by Crippen LogP contribution is -2.21. The third-order valence-electron chi connectivity index (χ3n) is 6.61. The van der Waals surface area contributed by atoms with Crippen LogP contribution in [-0.2, 0) is 11.2 Å². The van der Waals surface area contributed by atoms with Gasteiger partial charge in [-0.15, -0.1) is 5.10 Å². The van der Waals surface area contributed by atoms with Gasteiger partial charge in [0.1, 0.15) is 25.1 Å². The van der Waals surface area contributed by atoms with E-state index in [9.17, 15) is 14.7 Å². The van der Waals surface area contributed by atoms with Crippen LogP contribution in [0.2, 0.25) is 0 Å². The molecule has 0 fully saturated rings. The van der Waals surface area contributed by atoms with Crippen molar-refractivity contribution >= 4 is 23.1 Å². The Morgan fingerprint density at radius 3 is 2.58 bits per heavy atom. The van der Waals surface area contributed by atoms with Gasteiger partial charge in [0.25, 0.3) is 0 Å². The lowest BCUT2D eigenvalue weighted by Gasteiger charge is -2.22. The monoisotopic (exact) mass is 590 g/mol. The molecule has 0 bridgehead atoms. The maximum Gasteiger partial charge on any atom is 0.348 e. The second kappa shape index (κ2) is 13.8. The van der Waals surface area contributed by atoms with Gasteiger partial charge in [0.05, 0.1) is 11.4 Å². The van der Waals surface area contributed by atoms with E-state index in [1.165, 1.54) is 0 Å². The number of aromatic nitrogens is 3. The van der Waals surface area contributed by atoms with Crippen LogP contribution in [0.3, 0.4) is 0 Å². The van der Waals surface area contributed by atoms with Gasteiger partial charge in [0, 0.05) is 23.4 Å². The Balaban J connectivity index is 1.83. The zero-order valence-corrected chi connectivity index (χ0v) is 24.1. The molecule has 0 aliphatic heterocycles. The number of aliphatic hydroxyl groups is 1. The maximum atomic E-state index is 16.2. The number of amidine groups is 1. The first kappa shape index (κ1) is 30.9. The molecule has 4 rings (SSSR count). The van der Waals surface area contributed by atoms with Crippen molar-refractivity contribution < 1.29 is 19.0 Å². The summed E-state index contributed by atoms with van der Waals surface area (Å²) in [6, 6.07) is 15.5. The zero-order chi connectivity index (χ0) is 31.1. The number of carbonyl (C=O) groups is 1. The van der Waals surface area contributed by atoms with Crippen LogP contribution in [0, 0.1) is 11.2 Å².